The molecule has 0 bridgehead atoms. The highest BCUT2D eigenvalue weighted by Crippen LogP contribution is 2.33. The topological polar surface area (TPSA) is 39.7 Å². The molecule has 4 nitrogen and oxygen atoms in total. The Bertz CT molecular complexity index is 915. The molecule has 1 N–H and O–H groups in total. The minimum Gasteiger partial charge on any atom is -0.493 e. The van der Waals surface area contributed by atoms with Gasteiger partial charge >= 0.3 is 0 Å². The number of benzene rings is 3. The highest BCUT2D eigenvalue weighted by molar-refractivity contribution is 6.31. The smallest absolute Gasteiger partial charge is 0.162 e. The minimum atomic E-state index is 0.623. The lowest BCUT2D eigenvalue weighted by Gasteiger charge is -2.13. The van der Waals surface area contributed by atoms with Crippen LogP contribution in [0.2, 0.25) is 5.02 Å². The Morgan fingerprint density at radius 2 is 1.52 bits per heavy atom. The van der Waals surface area contributed by atoms with E-state index in [1.165, 1.54) is 5.56 Å². The van der Waals surface area contributed by atoms with Crippen molar-refractivity contribution in [3.05, 3.63) is 88.4 Å². The SMILES string of the molecule is COc1cc(Cl)c(CNCc2cccc(OCCc3ccccc3)c2)cc1OC. The Balaban J connectivity index is 1.52. The van der Waals surface area contributed by atoms with Gasteiger partial charge in [0.15, 0.2) is 11.5 Å². The largest absolute Gasteiger partial charge is 0.493 e. The Kier molecular flexibility index (Phi) is 7.79. The average Bonchev–Trinajstić information content (AvgIpc) is 2.75. The van der Waals surface area contributed by atoms with Gasteiger partial charge in [0.05, 0.1) is 20.8 Å². The van der Waals surface area contributed by atoms with Gasteiger partial charge < -0.3 is 19.5 Å². The van der Waals surface area contributed by atoms with Crippen molar-refractivity contribution in [2.75, 3.05) is 20.8 Å². The lowest BCUT2D eigenvalue weighted by Crippen LogP contribution is -2.13. The Morgan fingerprint density at radius 3 is 2.28 bits per heavy atom. The van der Waals surface area contributed by atoms with Crippen LogP contribution in [-0.2, 0) is 19.5 Å². The van der Waals surface area contributed by atoms with Gasteiger partial charge in [0, 0.05) is 30.6 Å². The molecule has 0 aromatic heterocycles. The predicted octanol–water partition coefficient (Wildman–Crippen LogP) is 5.27. The van der Waals surface area contributed by atoms with Gasteiger partial charge in [-0.15, -0.1) is 0 Å². The molecule has 0 atom stereocenters. The number of nitrogens with one attached hydrogen (secondary N) is 1. The van der Waals surface area contributed by atoms with Gasteiger partial charge in [-0.1, -0.05) is 54.1 Å². The van der Waals surface area contributed by atoms with Crippen molar-refractivity contribution in [3.8, 4) is 17.2 Å². The zero-order valence-corrected chi connectivity index (χ0v) is 17.5. The van der Waals surface area contributed by atoms with E-state index in [-0.39, 0.29) is 0 Å². The van der Waals surface area contributed by atoms with Gasteiger partial charge in [0.1, 0.15) is 5.75 Å². The Hall–Kier alpha value is -2.69. The van der Waals surface area contributed by atoms with Gasteiger partial charge in [0.25, 0.3) is 0 Å². The number of rotatable bonds is 10. The molecule has 5 heteroatoms. The van der Waals surface area contributed by atoms with Crippen molar-refractivity contribution in [2.45, 2.75) is 19.5 Å². The van der Waals surface area contributed by atoms with Crippen molar-refractivity contribution in [2.24, 2.45) is 0 Å². The monoisotopic (exact) mass is 411 g/mol. The molecule has 3 aromatic rings. The van der Waals surface area contributed by atoms with Crippen LogP contribution >= 0.6 is 11.6 Å². The van der Waals surface area contributed by atoms with Gasteiger partial charge in [-0.05, 0) is 34.9 Å². The second kappa shape index (κ2) is 10.7. The Labute approximate surface area is 177 Å². The summed E-state index contributed by atoms with van der Waals surface area (Å²) in [5.41, 5.74) is 3.38. The van der Waals surface area contributed by atoms with E-state index in [9.17, 15) is 0 Å². The minimum absolute atomic E-state index is 0.623. The van der Waals surface area contributed by atoms with Gasteiger partial charge in [-0.25, -0.2) is 0 Å². The molecule has 0 saturated heterocycles. The molecule has 0 aliphatic carbocycles. The Morgan fingerprint density at radius 1 is 0.793 bits per heavy atom. The summed E-state index contributed by atoms with van der Waals surface area (Å²) in [6.45, 7) is 1.99. The van der Waals surface area contributed by atoms with Crippen molar-refractivity contribution in [1.82, 2.24) is 5.32 Å². The highest BCUT2D eigenvalue weighted by Gasteiger charge is 2.09. The molecule has 0 heterocycles. The number of ether oxygens (including phenoxy) is 3. The third-order valence-electron chi connectivity index (χ3n) is 4.60. The maximum atomic E-state index is 6.36. The summed E-state index contributed by atoms with van der Waals surface area (Å²) in [6, 6.07) is 22.2. The normalized spacial score (nSPS) is 10.6. The summed E-state index contributed by atoms with van der Waals surface area (Å²) >= 11 is 6.36. The molecule has 0 aliphatic heterocycles. The van der Waals surface area contributed by atoms with Crippen LogP contribution in [0.3, 0.4) is 0 Å². The summed E-state index contributed by atoms with van der Waals surface area (Å²) in [6.07, 6.45) is 0.890. The second-order valence-electron chi connectivity index (χ2n) is 6.63. The molecular weight excluding hydrogens is 386 g/mol. The standard InChI is InChI=1S/C24H26ClNO3/c1-27-23-14-20(22(25)15-24(23)28-2)17-26-16-19-9-6-10-21(13-19)29-12-11-18-7-4-3-5-8-18/h3-10,13-15,26H,11-12,16-17H2,1-2H3. The fraction of sp³-hybridized carbons (Fsp3) is 0.250. The van der Waals surface area contributed by atoms with Crippen LogP contribution in [0.5, 0.6) is 17.2 Å². The number of hydrogen-bond acceptors (Lipinski definition) is 4. The van der Waals surface area contributed by atoms with Crippen LogP contribution in [0.1, 0.15) is 16.7 Å². The molecule has 0 saturated carbocycles. The summed E-state index contributed by atoms with van der Waals surface area (Å²) in [7, 11) is 3.22. The lowest BCUT2D eigenvalue weighted by atomic mass is 10.1. The molecule has 0 fully saturated rings. The van der Waals surface area contributed by atoms with Crippen LogP contribution in [-0.4, -0.2) is 20.8 Å². The first-order valence-electron chi connectivity index (χ1n) is 9.56. The van der Waals surface area contributed by atoms with E-state index < -0.39 is 0 Å². The predicted molar refractivity (Wildman–Crippen MR) is 117 cm³/mol. The van der Waals surface area contributed by atoms with Crippen molar-refractivity contribution >= 4 is 11.6 Å². The second-order valence-corrected chi connectivity index (χ2v) is 7.04. The first-order chi connectivity index (χ1) is 14.2. The van der Waals surface area contributed by atoms with E-state index in [1.807, 2.05) is 36.4 Å². The van der Waals surface area contributed by atoms with Crippen molar-refractivity contribution in [1.29, 1.82) is 0 Å². The van der Waals surface area contributed by atoms with Gasteiger partial charge in [-0.2, -0.15) is 0 Å². The molecule has 152 valence electrons. The molecule has 3 aromatic carbocycles. The maximum Gasteiger partial charge on any atom is 0.162 e. The fourth-order valence-corrected chi connectivity index (χ4v) is 3.27. The summed E-state index contributed by atoms with van der Waals surface area (Å²) in [4.78, 5) is 0. The molecule has 0 unspecified atom stereocenters. The zero-order chi connectivity index (χ0) is 20.5. The first-order valence-corrected chi connectivity index (χ1v) is 9.94. The van der Waals surface area contributed by atoms with Gasteiger partial charge in [-0.3, -0.25) is 0 Å². The number of methoxy groups -OCH3 is 2. The molecule has 0 radical (unpaired) electrons. The molecule has 0 aliphatic rings. The fourth-order valence-electron chi connectivity index (χ4n) is 3.05. The van der Waals surface area contributed by atoms with Crippen LogP contribution in [0.25, 0.3) is 0 Å². The summed E-state index contributed by atoms with van der Waals surface area (Å²) in [5, 5.41) is 4.07. The van der Waals surface area contributed by atoms with E-state index >= 15 is 0 Å². The summed E-state index contributed by atoms with van der Waals surface area (Å²) in [5.74, 6) is 2.17. The number of hydrogen-bond donors (Lipinski definition) is 1. The van der Waals surface area contributed by atoms with E-state index in [1.54, 1.807) is 20.3 Å². The van der Waals surface area contributed by atoms with Crippen molar-refractivity contribution < 1.29 is 14.2 Å². The van der Waals surface area contributed by atoms with E-state index in [2.05, 4.69) is 29.6 Å². The molecule has 3 rings (SSSR count). The van der Waals surface area contributed by atoms with E-state index in [0.717, 1.165) is 23.3 Å². The van der Waals surface area contributed by atoms with E-state index in [4.69, 9.17) is 25.8 Å². The van der Waals surface area contributed by atoms with Crippen LogP contribution < -0.4 is 19.5 Å². The highest BCUT2D eigenvalue weighted by atomic mass is 35.5. The molecule has 0 spiro atoms. The van der Waals surface area contributed by atoms with E-state index in [0.29, 0.717) is 36.2 Å². The first kappa shape index (κ1) is 21.0. The quantitative estimate of drug-likeness (QED) is 0.493. The van der Waals surface area contributed by atoms with Crippen LogP contribution in [0, 0.1) is 0 Å². The number of halogens is 1. The lowest BCUT2D eigenvalue weighted by molar-refractivity contribution is 0.321. The van der Waals surface area contributed by atoms with Crippen LogP contribution in [0.15, 0.2) is 66.7 Å². The van der Waals surface area contributed by atoms with Crippen LogP contribution in [0.4, 0.5) is 0 Å². The van der Waals surface area contributed by atoms with Crippen molar-refractivity contribution in [3.63, 3.8) is 0 Å². The van der Waals surface area contributed by atoms with Gasteiger partial charge in [0.2, 0.25) is 0 Å². The maximum absolute atomic E-state index is 6.36. The third-order valence-corrected chi connectivity index (χ3v) is 4.95. The third kappa shape index (κ3) is 6.14. The summed E-state index contributed by atoms with van der Waals surface area (Å²) < 4.78 is 16.5. The molecule has 0 amide bonds. The molecule has 29 heavy (non-hydrogen) atoms. The molecular formula is C24H26ClNO3. The zero-order valence-electron chi connectivity index (χ0n) is 16.8. The average molecular weight is 412 g/mol.